The summed E-state index contributed by atoms with van der Waals surface area (Å²) in [4.78, 5) is 28.8. The lowest BCUT2D eigenvalue weighted by atomic mass is 9.95. The minimum atomic E-state index is -3.62. The quantitative estimate of drug-likeness (QED) is 0.435. The number of carbonyl (C=O) groups excluding carboxylic acids is 2. The van der Waals surface area contributed by atoms with Gasteiger partial charge in [0.2, 0.25) is 21.8 Å². The largest absolute Gasteiger partial charge is 0.352 e. The summed E-state index contributed by atoms with van der Waals surface area (Å²) in [6.45, 7) is 4.50. The summed E-state index contributed by atoms with van der Waals surface area (Å²) in [5, 5.41) is 3.20. The Labute approximate surface area is 222 Å². The Bertz CT molecular complexity index is 1130. The highest BCUT2D eigenvalue weighted by Gasteiger charge is 2.30. The van der Waals surface area contributed by atoms with Gasteiger partial charge in [-0.25, -0.2) is 12.7 Å². The maximum absolute atomic E-state index is 13.5. The van der Waals surface area contributed by atoms with Crippen molar-refractivity contribution in [2.75, 3.05) is 13.6 Å². The Morgan fingerprint density at radius 3 is 2.30 bits per heavy atom. The van der Waals surface area contributed by atoms with Crippen LogP contribution < -0.4 is 5.32 Å². The van der Waals surface area contributed by atoms with E-state index in [0.717, 1.165) is 36.8 Å². The van der Waals surface area contributed by atoms with Gasteiger partial charge in [-0.3, -0.25) is 9.59 Å². The van der Waals surface area contributed by atoms with E-state index in [1.807, 2.05) is 38.1 Å². The number of hydrogen-bond acceptors (Lipinski definition) is 4. The van der Waals surface area contributed by atoms with Crippen molar-refractivity contribution < 1.29 is 18.0 Å². The number of rotatable bonds is 12. The molecule has 0 saturated heterocycles. The summed E-state index contributed by atoms with van der Waals surface area (Å²) in [6, 6.07) is 15.8. The SMILES string of the molecule is CC[C@@H](C(=O)NC1CCCCC1)N(Cc1ccccc1C)C(=O)CCCN(C)S(=O)(=O)c1ccccc1. The zero-order valence-corrected chi connectivity index (χ0v) is 23.2. The second kappa shape index (κ2) is 13.7. The van der Waals surface area contributed by atoms with Crippen LogP contribution in [0.2, 0.25) is 0 Å². The molecule has 202 valence electrons. The van der Waals surface area contributed by atoms with Crippen molar-refractivity contribution in [2.45, 2.75) is 88.7 Å². The molecule has 2 amide bonds. The zero-order valence-electron chi connectivity index (χ0n) is 22.4. The van der Waals surface area contributed by atoms with Crippen molar-refractivity contribution in [1.82, 2.24) is 14.5 Å². The molecular weight excluding hydrogens is 486 g/mol. The van der Waals surface area contributed by atoms with Gasteiger partial charge in [-0.2, -0.15) is 0 Å². The Morgan fingerprint density at radius 1 is 1.00 bits per heavy atom. The van der Waals surface area contributed by atoms with Gasteiger partial charge in [-0.05, 0) is 55.9 Å². The van der Waals surface area contributed by atoms with Crippen molar-refractivity contribution in [3.63, 3.8) is 0 Å². The molecular formula is C29H41N3O4S. The lowest BCUT2D eigenvalue weighted by molar-refractivity contribution is -0.142. The van der Waals surface area contributed by atoms with Crippen LogP contribution in [0.25, 0.3) is 0 Å². The molecule has 2 aromatic rings. The molecule has 1 atom stereocenters. The summed E-state index contributed by atoms with van der Waals surface area (Å²) >= 11 is 0. The first kappa shape index (κ1) is 28.9. The van der Waals surface area contributed by atoms with Crippen LogP contribution in [0.3, 0.4) is 0 Å². The summed E-state index contributed by atoms with van der Waals surface area (Å²) in [7, 11) is -2.09. The standard InChI is InChI=1S/C29H41N3O4S/c1-4-27(29(34)30-25-16-7-5-8-17-25)32(22-24-15-12-11-14-23(24)2)28(33)20-13-21-31(3)37(35,36)26-18-9-6-10-19-26/h6,9-12,14-15,18-19,25,27H,4-5,7-8,13,16-17,20-22H2,1-3H3,(H,30,34)/t27-/m0/s1. The molecule has 1 aliphatic carbocycles. The molecule has 37 heavy (non-hydrogen) atoms. The first-order valence-corrected chi connectivity index (χ1v) is 14.8. The number of aryl methyl sites for hydroxylation is 1. The number of benzene rings is 2. The Balaban J connectivity index is 1.70. The van der Waals surface area contributed by atoms with Gasteiger partial charge in [-0.1, -0.05) is 68.7 Å². The third kappa shape index (κ3) is 7.89. The van der Waals surface area contributed by atoms with Crippen LogP contribution in [0.4, 0.5) is 0 Å². The van der Waals surface area contributed by atoms with Crippen molar-refractivity contribution in [3.8, 4) is 0 Å². The van der Waals surface area contributed by atoms with Crippen molar-refractivity contribution in [1.29, 1.82) is 0 Å². The lowest BCUT2D eigenvalue weighted by Crippen LogP contribution is -2.51. The van der Waals surface area contributed by atoms with Crippen LogP contribution in [0.5, 0.6) is 0 Å². The molecule has 0 aliphatic heterocycles. The van der Waals surface area contributed by atoms with Gasteiger partial charge in [0.15, 0.2) is 0 Å². The van der Waals surface area contributed by atoms with E-state index in [2.05, 4.69) is 5.32 Å². The third-order valence-corrected chi connectivity index (χ3v) is 9.13. The highest BCUT2D eigenvalue weighted by atomic mass is 32.2. The van der Waals surface area contributed by atoms with Crippen LogP contribution in [0.1, 0.15) is 69.4 Å². The molecule has 1 aliphatic rings. The molecule has 0 bridgehead atoms. The number of nitrogens with one attached hydrogen (secondary N) is 1. The van der Waals surface area contributed by atoms with Crippen molar-refractivity contribution >= 4 is 21.8 Å². The highest BCUT2D eigenvalue weighted by molar-refractivity contribution is 7.89. The Morgan fingerprint density at radius 2 is 1.65 bits per heavy atom. The van der Waals surface area contributed by atoms with E-state index in [1.54, 1.807) is 35.2 Å². The number of carbonyl (C=O) groups is 2. The molecule has 8 heteroatoms. The molecule has 2 aromatic carbocycles. The van der Waals surface area contributed by atoms with Crippen molar-refractivity contribution in [3.05, 3.63) is 65.7 Å². The zero-order chi connectivity index (χ0) is 26.8. The number of amides is 2. The smallest absolute Gasteiger partial charge is 0.243 e. The van der Waals surface area contributed by atoms with E-state index < -0.39 is 16.1 Å². The number of sulfonamides is 1. The molecule has 0 aromatic heterocycles. The maximum Gasteiger partial charge on any atom is 0.243 e. The van der Waals surface area contributed by atoms with Gasteiger partial charge >= 0.3 is 0 Å². The molecule has 1 N–H and O–H groups in total. The van der Waals surface area contributed by atoms with Gasteiger partial charge < -0.3 is 10.2 Å². The minimum absolute atomic E-state index is 0.0971. The molecule has 1 fully saturated rings. The summed E-state index contributed by atoms with van der Waals surface area (Å²) in [5.41, 5.74) is 2.07. The molecule has 3 rings (SSSR count). The number of nitrogens with zero attached hydrogens (tertiary/aromatic N) is 2. The third-order valence-electron chi connectivity index (χ3n) is 7.25. The van der Waals surface area contributed by atoms with Crippen LogP contribution in [0, 0.1) is 6.92 Å². The minimum Gasteiger partial charge on any atom is -0.352 e. The predicted molar refractivity (Wildman–Crippen MR) is 146 cm³/mol. The molecule has 0 heterocycles. The second-order valence-corrected chi connectivity index (χ2v) is 12.0. The normalized spacial score (nSPS) is 15.4. The summed E-state index contributed by atoms with van der Waals surface area (Å²) in [5.74, 6) is -0.237. The van der Waals surface area contributed by atoms with Gasteiger partial charge in [0.25, 0.3) is 0 Å². The predicted octanol–water partition coefficient (Wildman–Crippen LogP) is 4.65. The van der Waals surface area contributed by atoms with Gasteiger partial charge in [-0.15, -0.1) is 0 Å². The fourth-order valence-corrected chi connectivity index (χ4v) is 6.15. The van der Waals surface area contributed by atoms with E-state index in [-0.39, 0.29) is 35.7 Å². The van der Waals surface area contributed by atoms with Crippen LogP contribution in [-0.4, -0.2) is 55.1 Å². The first-order chi connectivity index (χ1) is 17.7. The average molecular weight is 528 g/mol. The summed E-state index contributed by atoms with van der Waals surface area (Å²) < 4.78 is 26.9. The molecule has 0 radical (unpaired) electrons. The molecule has 7 nitrogen and oxygen atoms in total. The van der Waals surface area contributed by atoms with Crippen molar-refractivity contribution in [2.24, 2.45) is 0 Å². The monoisotopic (exact) mass is 527 g/mol. The second-order valence-electron chi connectivity index (χ2n) is 9.96. The van der Waals surface area contributed by atoms with E-state index in [1.165, 1.54) is 17.8 Å². The van der Waals surface area contributed by atoms with Gasteiger partial charge in [0.05, 0.1) is 4.90 Å². The van der Waals surface area contributed by atoms with E-state index in [4.69, 9.17) is 0 Å². The first-order valence-electron chi connectivity index (χ1n) is 13.4. The van der Waals surface area contributed by atoms with Crippen LogP contribution >= 0.6 is 0 Å². The fraction of sp³-hybridized carbons (Fsp3) is 0.517. The van der Waals surface area contributed by atoms with E-state index in [9.17, 15) is 18.0 Å². The van der Waals surface area contributed by atoms with Gasteiger partial charge in [0, 0.05) is 32.6 Å². The van der Waals surface area contributed by atoms with E-state index in [0.29, 0.717) is 19.4 Å². The Kier molecular flexibility index (Phi) is 10.7. The molecule has 1 saturated carbocycles. The highest BCUT2D eigenvalue weighted by Crippen LogP contribution is 2.21. The average Bonchev–Trinajstić information content (AvgIpc) is 2.90. The van der Waals surface area contributed by atoms with E-state index >= 15 is 0 Å². The molecule has 0 spiro atoms. The topological polar surface area (TPSA) is 86.8 Å². The Hall–Kier alpha value is -2.71. The summed E-state index contributed by atoms with van der Waals surface area (Å²) in [6.07, 6.45) is 6.45. The van der Waals surface area contributed by atoms with Gasteiger partial charge in [0.1, 0.15) is 6.04 Å². The number of hydrogen-bond donors (Lipinski definition) is 1. The fourth-order valence-electron chi connectivity index (χ4n) is 4.92. The molecule has 0 unspecified atom stereocenters. The lowest BCUT2D eigenvalue weighted by Gasteiger charge is -2.33. The van der Waals surface area contributed by atoms with Crippen LogP contribution in [0.15, 0.2) is 59.5 Å². The van der Waals surface area contributed by atoms with Crippen LogP contribution in [-0.2, 0) is 26.2 Å². The maximum atomic E-state index is 13.5.